The van der Waals surface area contributed by atoms with Crippen LogP contribution < -0.4 is 11.1 Å². The molecule has 122 valence electrons. The zero-order chi connectivity index (χ0) is 17.0. The summed E-state index contributed by atoms with van der Waals surface area (Å²) in [5.74, 6) is 0. The van der Waals surface area contributed by atoms with Crippen molar-refractivity contribution in [1.29, 1.82) is 0 Å². The van der Waals surface area contributed by atoms with Crippen molar-refractivity contribution in [2.45, 2.75) is 6.54 Å². The maximum absolute atomic E-state index is 12.7. The van der Waals surface area contributed by atoms with Crippen molar-refractivity contribution >= 4 is 38.4 Å². The molecule has 5 rings (SSSR count). The minimum atomic E-state index is -0.297. The number of para-hydroxylation sites is 1. The molecule has 25 heavy (non-hydrogen) atoms. The molecule has 0 aliphatic heterocycles. The van der Waals surface area contributed by atoms with Crippen LogP contribution in [-0.4, -0.2) is 18.9 Å². The molecule has 0 saturated carbocycles. The number of benzene rings is 1. The van der Waals surface area contributed by atoms with Crippen molar-refractivity contribution in [2.24, 2.45) is 0 Å². The highest BCUT2D eigenvalue weighted by molar-refractivity contribution is 7.15. The summed E-state index contributed by atoms with van der Waals surface area (Å²) in [5, 5.41) is 2.60. The van der Waals surface area contributed by atoms with Gasteiger partial charge in [-0.2, -0.15) is 0 Å². The second-order valence-corrected chi connectivity index (χ2v) is 6.47. The average Bonchev–Trinajstić information content (AvgIpc) is 3.22. The lowest BCUT2D eigenvalue weighted by molar-refractivity contribution is 0.640. The predicted octanol–water partition coefficient (Wildman–Crippen LogP) is 2.26. The molecule has 0 amide bonds. The third-order valence-corrected chi connectivity index (χ3v) is 4.80. The fourth-order valence-corrected chi connectivity index (χ4v) is 3.61. The topological polar surface area (TPSA) is 82.4 Å². The van der Waals surface area contributed by atoms with Crippen molar-refractivity contribution in [1.82, 2.24) is 18.9 Å². The van der Waals surface area contributed by atoms with Crippen LogP contribution in [0.4, 0.5) is 0 Å². The Morgan fingerprint density at radius 1 is 1.20 bits per heavy atom. The van der Waals surface area contributed by atoms with E-state index < -0.39 is 0 Å². The lowest BCUT2D eigenvalue weighted by Gasteiger charge is -2.04. The Hall–Kier alpha value is -3.26. The van der Waals surface area contributed by atoms with Crippen LogP contribution in [0.15, 0.2) is 62.2 Å². The number of nitrogens with zero attached hydrogens (tertiary/aromatic N) is 4. The van der Waals surface area contributed by atoms with Crippen LogP contribution in [0.3, 0.4) is 0 Å². The molecule has 4 aromatic heterocycles. The van der Waals surface area contributed by atoms with E-state index in [2.05, 4.69) is 9.97 Å². The molecule has 0 aliphatic carbocycles. The fraction of sp³-hybridized carbons (Fsp3) is 0.0588. The standard InChI is InChI=1S/C17H10N4O3S/c22-13-7-10(19-17-21(13)5-6-25-17)8-20-9-18-14-11-3-1-2-4-12(11)24-15(14)16(20)23/h1-7,9H,8H2. The molecule has 0 bridgehead atoms. The third-order valence-electron chi connectivity index (χ3n) is 4.04. The Morgan fingerprint density at radius 2 is 2.08 bits per heavy atom. The molecule has 0 fully saturated rings. The molecule has 0 N–H and O–H groups in total. The van der Waals surface area contributed by atoms with Crippen LogP contribution >= 0.6 is 11.3 Å². The van der Waals surface area contributed by atoms with Crippen molar-refractivity contribution in [2.75, 3.05) is 0 Å². The van der Waals surface area contributed by atoms with Gasteiger partial charge in [-0.3, -0.25) is 18.6 Å². The van der Waals surface area contributed by atoms with E-state index in [0.29, 0.717) is 21.8 Å². The third kappa shape index (κ3) is 2.11. The van der Waals surface area contributed by atoms with Crippen LogP contribution in [-0.2, 0) is 6.54 Å². The van der Waals surface area contributed by atoms with Crippen molar-refractivity contribution in [3.63, 3.8) is 0 Å². The van der Waals surface area contributed by atoms with Crippen molar-refractivity contribution < 1.29 is 4.42 Å². The highest BCUT2D eigenvalue weighted by Gasteiger charge is 2.14. The van der Waals surface area contributed by atoms with Gasteiger partial charge in [0.25, 0.3) is 11.1 Å². The summed E-state index contributed by atoms with van der Waals surface area (Å²) in [5.41, 5.74) is 1.40. The first kappa shape index (κ1) is 14.1. The average molecular weight is 350 g/mol. The van der Waals surface area contributed by atoms with Gasteiger partial charge in [-0.25, -0.2) is 9.97 Å². The van der Waals surface area contributed by atoms with Gasteiger partial charge in [0.05, 0.1) is 18.6 Å². The van der Waals surface area contributed by atoms with Crippen molar-refractivity contribution in [3.8, 4) is 0 Å². The first-order chi connectivity index (χ1) is 12.2. The van der Waals surface area contributed by atoms with E-state index in [1.54, 1.807) is 17.6 Å². The summed E-state index contributed by atoms with van der Waals surface area (Å²) in [7, 11) is 0. The van der Waals surface area contributed by atoms with E-state index in [4.69, 9.17) is 4.42 Å². The largest absolute Gasteiger partial charge is 0.448 e. The Labute approximate surface area is 143 Å². The number of furan rings is 1. The first-order valence-electron chi connectivity index (χ1n) is 7.53. The van der Waals surface area contributed by atoms with Crippen LogP contribution in [0.25, 0.3) is 27.0 Å². The summed E-state index contributed by atoms with van der Waals surface area (Å²) in [6.07, 6.45) is 3.14. The first-order valence-corrected chi connectivity index (χ1v) is 8.41. The normalized spacial score (nSPS) is 11.7. The maximum atomic E-state index is 12.7. The van der Waals surface area contributed by atoms with Gasteiger partial charge in [-0.15, -0.1) is 11.3 Å². The molecule has 0 saturated heterocycles. The molecule has 7 nitrogen and oxygen atoms in total. The van der Waals surface area contributed by atoms with E-state index in [9.17, 15) is 9.59 Å². The van der Waals surface area contributed by atoms with E-state index in [1.807, 2.05) is 18.2 Å². The predicted molar refractivity (Wildman–Crippen MR) is 94.2 cm³/mol. The van der Waals surface area contributed by atoms with Crippen LogP contribution in [0.5, 0.6) is 0 Å². The van der Waals surface area contributed by atoms with Crippen LogP contribution in [0.1, 0.15) is 5.69 Å². The van der Waals surface area contributed by atoms with Gasteiger partial charge in [0.15, 0.2) is 4.96 Å². The number of aromatic nitrogens is 4. The van der Waals surface area contributed by atoms with E-state index in [1.165, 1.54) is 32.7 Å². The number of hydrogen-bond acceptors (Lipinski definition) is 6. The molecule has 1 aromatic carbocycles. The minimum Gasteiger partial charge on any atom is -0.448 e. The zero-order valence-electron chi connectivity index (χ0n) is 12.7. The summed E-state index contributed by atoms with van der Waals surface area (Å²) >= 11 is 1.37. The number of thiazole rings is 1. The molecular weight excluding hydrogens is 340 g/mol. The molecule has 4 heterocycles. The molecule has 0 aliphatic rings. The van der Waals surface area contributed by atoms with Gasteiger partial charge >= 0.3 is 0 Å². The summed E-state index contributed by atoms with van der Waals surface area (Å²) in [6.45, 7) is 0.155. The van der Waals surface area contributed by atoms with Gasteiger partial charge in [0, 0.05) is 23.0 Å². The quantitative estimate of drug-likeness (QED) is 0.488. The number of hydrogen-bond donors (Lipinski definition) is 0. The Kier molecular flexibility index (Phi) is 2.89. The molecule has 0 unspecified atom stereocenters. The molecule has 8 heteroatoms. The molecule has 0 spiro atoms. The van der Waals surface area contributed by atoms with Gasteiger partial charge < -0.3 is 4.42 Å². The second-order valence-electron chi connectivity index (χ2n) is 5.59. The minimum absolute atomic E-state index is 0.155. The highest BCUT2D eigenvalue weighted by atomic mass is 32.1. The van der Waals surface area contributed by atoms with Gasteiger partial charge in [0.2, 0.25) is 5.58 Å². The monoisotopic (exact) mass is 350 g/mol. The maximum Gasteiger partial charge on any atom is 0.297 e. The molecular formula is C17H10N4O3S. The smallest absolute Gasteiger partial charge is 0.297 e. The summed E-state index contributed by atoms with van der Waals surface area (Å²) in [6, 6.07) is 8.81. The lowest BCUT2D eigenvalue weighted by Crippen LogP contribution is -2.22. The molecule has 5 aromatic rings. The summed E-state index contributed by atoms with van der Waals surface area (Å²) in [4.78, 5) is 34.2. The van der Waals surface area contributed by atoms with E-state index in [0.717, 1.165) is 5.39 Å². The Balaban J connectivity index is 1.67. The SMILES string of the molecule is O=c1c2oc3ccccc3c2ncn1Cc1cc(=O)n2ccsc2n1. The number of fused-ring (bicyclic) bond motifs is 4. The molecule has 0 atom stereocenters. The van der Waals surface area contributed by atoms with Crippen molar-refractivity contribution in [3.05, 3.63) is 74.6 Å². The second kappa shape index (κ2) is 5.12. The van der Waals surface area contributed by atoms with Gasteiger partial charge in [-0.05, 0) is 12.1 Å². The highest BCUT2D eigenvalue weighted by Crippen LogP contribution is 2.24. The zero-order valence-corrected chi connectivity index (χ0v) is 13.6. The van der Waals surface area contributed by atoms with Gasteiger partial charge in [0.1, 0.15) is 11.1 Å². The Bertz CT molecular complexity index is 1380. The lowest BCUT2D eigenvalue weighted by atomic mass is 10.2. The molecule has 0 radical (unpaired) electrons. The fourth-order valence-electron chi connectivity index (χ4n) is 2.87. The van der Waals surface area contributed by atoms with Crippen LogP contribution in [0, 0.1) is 0 Å². The van der Waals surface area contributed by atoms with E-state index in [-0.39, 0.29) is 23.2 Å². The van der Waals surface area contributed by atoms with E-state index >= 15 is 0 Å². The van der Waals surface area contributed by atoms with Gasteiger partial charge in [-0.1, -0.05) is 12.1 Å². The van der Waals surface area contributed by atoms with Crippen LogP contribution in [0.2, 0.25) is 0 Å². The Morgan fingerprint density at radius 3 is 3.00 bits per heavy atom. The summed E-state index contributed by atoms with van der Waals surface area (Å²) < 4.78 is 8.53. The number of rotatable bonds is 2.